The van der Waals surface area contributed by atoms with Crippen LogP contribution in [0.15, 0.2) is 30.3 Å². The van der Waals surface area contributed by atoms with Crippen LogP contribution in [0.3, 0.4) is 0 Å². The standard InChI is InChI=1S/C21H25ClN6O2/c1-13(2)20-25-24-18-8-9-19(26-28(18)20)27-10-4-5-14(12-27)21(29)23-15-6-7-17(30-3)16(22)11-15/h6-9,11,13-14H,4-5,10,12H2,1-3H3,(H,23,29)/t14-/m1/s1. The lowest BCUT2D eigenvalue weighted by Crippen LogP contribution is -2.41. The van der Waals surface area contributed by atoms with Gasteiger partial charge in [-0.25, -0.2) is 0 Å². The number of carbonyl (C=O) groups excluding carboxylic acids is 1. The van der Waals surface area contributed by atoms with Crippen LogP contribution in [0.2, 0.25) is 5.02 Å². The van der Waals surface area contributed by atoms with E-state index in [2.05, 4.69) is 34.3 Å². The van der Waals surface area contributed by atoms with E-state index in [-0.39, 0.29) is 17.7 Å². The van der Waals surface area contributed by atoms with Crippen LogP contribution in [-0.4, -0.2) is 45.9 Å². The number of halogens is 1. The van der Waals surface area contributed by atoms with Crippen molar-refractivity contribution in [3.8, 4) is 5.75 Å². The lowest BCUT2D eigenvalue weighted by Gasteiger charge is -2.32. The van der Waals surface area contributed by atoms with Crippen LogP contribution >= 0.6 is 11.6 Å². The highest BCUT2D eigenvalue weighted by molar-refractivity contribution is 6.32. The fraction of sp³-hybridized carbons (Fsp3) is 0.429. The number of carbonyl (C=O) groups is 1. The van der Waals surface area contributed by atoms with Crippen molar-refractivity contribution < 1.29 is 9.53 Å². The van der Waals surface area contributed by atoms with Crippen molar-refractivity contribution in [1.29, 1.82) is 0 Å². The second-order valence-electron chi connectivity index (χ2n) is 7.80. The maximum atomic E-state index is 12.9. The number of rotatable bonds is 5. The molecule has 1 fully saturated rings. The number of nitrogens with one attached hydrogen (secondary N) is 1. The number of anilines is 2. The first-order chi connectivity index (χ1) is 14.5. The molecule has 3 aromatic rings. The molecule has 1 aromatic carbocycles. The molecule has 2 aromatic heterocycles. The predicted molar refractivity (Wildman–Crippen MR) is 116 cm³/mol. The van der Waals surface area contributed by atoms with E-state index in [9.17, 15) is 4.79 Å². The lowest BCUT2D eigenvalue weighted by molar-refractivity contribution is -0.120. The molecule has 1 aliphatic heterocycles. The third-order valence-corrected chi connectivity index (χ3v) is 5.62. The van der Waals surface area contributed by atoms with Crippen LogP contribution < -0.4 is 15.0 Å². The van der Waals surface area contributed by atoms with Crippen molar-refractivity contribution in [3.63, 3.8) is 0 Å². The molecule has 1 aliphatic rings. The van der Waals surface area contributed by atoms with E-state index in [1.165, 1.54) is 0 Å². The van der Waals surface area contributed by atoms with Gasteiger partial charge in [-0.15, -0.1) is 15.3 Å². The van der Waals surface area contributed by atoms with E-state index >= 15 is 0 Å². The normalized spacial score (nSPS) is 16.8. The van der Waals surface area contributed by atoms with Crippen molar-refractivity contribution >= 4 is 34.7 Å². The van der Waals surface area contributed by atoms with Gasteiger partial charge in [0, 0.05) is 24.7 Å². The number of aromatic nitrogens is 4. The Balaban J connectivity index is 1.49. The van der Waals surface area contributed by atoms with E-state index in [0.29, 0.717) is 23.0 Å². The van der Waals surface area contributed by atoms with E-state index in [1.807, 2.05) is 12.1 Å². The third kappa shape index (κ3) is 4.05. The molecule has 158 valence electrons. The molecule has 0 unspecified atom stereocenters. The monoisotopic (exact) mass is 428 g/mol. The molecular weight excluding hydrogens is 404 g/mol. The summed E-state index contributed by atoms with van der Waals surface area (Å²) in [6, 6.07) is 9.10. The van der Waals surface area contributed by atoms with Gasteiger partial charge < -0.3 is 15.0 Å². The first-order valence-corrected chi connectivity index (χ1v) is 10.5. The average molecular weight is 429 g/mol. The second-order valence-corrected chi connectivity index (χ2v) is 8.21. The molecule has 0 spiro atoms. The number of nitrogens with zero attached hydrogens (tertiary/aromatic N) is 5. The van der Waals surface area contributed by atoms with Gasteiger partial charge in [0.25, 0.3) is 0 Å². The summed E-state index contributed by atoms with van der Waals surface area (Å²) >= 11 is 6.17. The molecule has 8 nitrogen and oxygen atoms in total. The molecule has 1 atom stereocenters. The van der Waals surface area contributed by atoms with E-state index in [1.54, 1.807) is 29.8 Å². The first-order valence-electron chi connectivity index (χ1n) is 10.1. The smallest absolute Gasteiger partial charge is 0.229 e. The molecule has 1 N–H and O–H groups in total. The number of fused-ring (bicyclic) bond motifs is 1. The molecular formula is C21H25ClN6O2. The number of amides is 1. The van der Waals surface area contributed by atoms with Crippen molar-refractivity contribution in [2.45, 2.75) is 32.6 Å². The lowest BCUT2D eigenvalue weighted by atomic mass is 9.97. The van der Waals surface area contributed by atoms with E-state index in [0.717, 1.165) is 36.7 Å². The topological polar surface area (TPSA) is 84.6 Å². The zero-order chi connectivity index (χ0) is 21.3. The predicted octanol–water partition coefficient (Wildman–Crippen LogP) is 3.76. The van der Waals surface area contributed by atoms with Crippen molar-refractivity contribution in [1.82, 2.24) is 19.8 Å². The Morgan fingerprint density at radius 2 is 2.10 bits per heavy atom. The summed E-state index contributed by atoms with van der Waals surface area (Å²) < 4.78 is 6.96. The Morgan fingerprint density at radius 1 is 1.27 bits per heavy atom. The number of hydrogen-bond acceptors (Lipinski definition) is 6. The molecule has 9 heteroatoms. The second kappa shape index (κ2) is 8.47. The largest absolute Gasteiger partial charge is 0.495 e. The maximum absolute atomic E-state index is 12.9. The van der Waals surface area contributed by atoms with Crippen LogP contribution in [0.25, 0.3) is 5.65 Å². The van der Waals surface area contributed by atoms with E-state index < -0.39 is 0 Å². The molecule has 0 radical (unpaired) electrons. The minimum Gasteiger partial charge on any atom is -0.495 e. The molecule has 0 aliphatic carbocycles. The quantitative estimate of drug-likeness (QED) is 0.666. The summed E-state index contributed by atoms with van der Waals surface area (Å²) in [4.78, 5) is 15.0. The Kier molecular flexibility index (Phi) is 5.76. The summed E-state index contributed by atoms with van der Waals surface area (Å²) in [6.07, 6.45) is 1.75. The SMILES string of the molecule is COc1ccc(NC(=O)[C@@H]2CCCN(c3ccc4nnc(C(C)C)n4n3)C2)cc1Cl. The van der Waals surface area contributed by atoms with Crippen LogP contribution in [0, 0.1) is 5.92 Å². The zero-order valence-corrected chi connectivity index (χ0v) is 18.1. The Morgan fingerprint density at radius 3 is 2.83 bits per heavy atom. The van der Waals surface area contributed by atoms with Crippen LogP contribution in [-0.2, 0) is 4.79 Å². The highest BCUT2D eigenvalue weighted by atomic mass is 35.5. The summed E-state index contributed by atoms with van der Waals surface area (Å²) in [6.45, 7) is 5.60. The number of piperidine rings is 1. The number of ether oxygens (including phenoxy) is 1. The van der Waals surface area contributed by atoms with Gasteiger partial charge in [0.2, 0.25) is 5.91 Å². The number of methoxy groups -OCH3 is 1. The molecule has 1 amide bonds. The highest BCUT2D eigenvalue weighted by Gasteiger charge is 2.27. The van der Waals surface area contributed by atoms with Crippen molar-refractivity contribution in [3.05, 3.63) is 41.2 Å². The van der Waals surface area contributed by atoms with Crippen molar-refractivity contribution in [2.75, 3.05) is 30.4 Å². The molecule has 0 saturated carbocycles. The molecule has 1 saturated heterocycles. The molecule has 4 rings (SSSR count). The first kappa shape index (κ1) is 20.4. The Bertz CT molecular complexity index is 1070. The van der Waals surface area contributed by atoms with Crippen LogP contribution in [0.5, 0.6) is 5.75 Å². The van der Waals surface area contributed by atoms with Gasteiger partial charge in [0.15, 0.2) is 11.5 Å². The fourth-order valence-electron chi connectivity index (χ4n) is 3.71. The summed E-state index contributed by atoms with van der Waals surface area (Å²) in [5.41, 5.74) is 1.39. The minimum absolute atomic E-state index is 0.0193. The maximum Gasteiger partial charge on any atom is 0.229 e. The van der Waals surface area contributed by atoms with Crippen LogP contribution in [0.4, 0.5) is 11.5 Å². The van der Waals surface area contributed by atoms with Crippen molar-refractivity contribution in [2.24, 2.45) is 5.92 Å². The minimum atomic E-state index is -0.136. The van der Waals surface area contributed by atoms with Gasteiger partial charge in [0.1, 0.15) is 11.6 Å². The van der Waals surface area contributed by atoms with Gasteiger partial charge in [-0.1, -0.05) is 25.4 Å². The van der Waals surface area contributed by atoms with Gasteiger partial charge in [-0.3, -0.25) is 4.79 Å². The summed E-state index contributed by atoms with van der Waals surface area (Å²) in [5, 5.41) is 16.6. The molecule has 0 bridgehead atoms. The Labute approximate surface area is 180 Å². The Hall–Kier alpha value is -2.87. The summed E-state index contributed by atoms with van der Waals surface area (Å²) in [5.74, 6) is 2.30. The number of hydrogen-bond donors (Lipinski definition) is 1. The van der Waals surface area contributed by atoms with E-state index in [4.69, 9.17) is 21.4 Å². The third-order valence-electron chi connectivity index (χ3n) is 5.32. The highest BCUT2D eigenvalue weighted by Crippen LogP contribution is 2.28. The molecule has 3 heterocycles. The fourth-order valence-corrected chi connectivity index (χ4v) is 3.97. The number of benzene rings is 1. The average Bonchev–Trinajstić information content (AvgIpc) is 3.17. The zero-order valence-electron chi connectivity index (χ0n) is 17.3. The van der Waals surface area contributed by atoms with Crippen LogP contribution in [0.1, 0.15) is 38.4 Å². The van der Waals surface area contributed by atoms with Gasteiger partial charge in [0.05, 0.1) is 18.1 Å². The van der Waals surface area contributed by atoms with Gasteiger partial charge >= 0.3 is 0 Å². The molecule has 30 heavy (non-hydrogen) atoms. The van der Waals surface area contributed by atoms with Gasteiger partial charge in [-0.05, 0) is 43.2 Å². The summed E-state index contributed by atoms with van der Waals surface area (Å²) in [7, 11) is 1.56. The van der Waals surface area contributed by atoms with Gasteiger partial charge in [-0.2, -0.15) is 4.52 Å².